The fourth-order valence-electron chi connectivity index (χ4n) is 3.05. The van der Waals surface area contributed by atoms with Gasteiger partial charge in [-0.1, -0.05) is 6.07 Å². The molecule has 1 N–H and O–H groups in total. The first kappa shape index (κ1) is 23.3. The SMILES string of the molecule is CSc1ccc(C(=O)COC(=O)CCC(=O)c2ccc3c(c2)OCCO3)cc1NC(C)=O. The molecule has 0 unspecified atom stereocenters. The van der Waals surface area contributed by atoms with Crippen LogP contribution in [0.4, 0.5) is 5.69 Å². The number of rotatable bonds is 9. The van der Waals surface area contributed by atoms with Crippen molar-refractivity contribution in [1.29, 1.82) is 0 Å². The van der Waals surface area contributed by atoms with Gasteiger partial charge in [-0.15, -0.1) is 11.8 Å². The Kier molecular flexibility index (Phi) is 7.88. The van der Waals surface area contributed by atoms with Crippen LogP contribution in [-0.2, 0) is 14.3 Å². The molecule has 0 aliphatic carbocycles. The molecule has 3 rings (SSSR count). The Bertz CT molecular complexity index is 1050. The van der Waals surface area contributed by atoms with E-state index in [1.54, 1.807) is 36.4 Å². The summed E-state index contributed by atoms with van der Waals surface area (Å²) in [6.45, 7) is 1.81. The van der Waals surface area contributed by atoms with Gasteiger partial charge in [0.2, 0.25) is 5.91 Å². The Morgan fingerprint density at radius 1 is 0.938 bits per heavy atom. The first-order valence-electron chi connectivity index (χ1n) is 9.94. The van der Waals surface area contributed by atoms with Crippen LogP contribution in [0.5, 0.6) is 11.5 Å². The van der Waals surface area contributed by atoms with E-state index in [1.807, 2.05) is 6.26 Å². The van der Waals surface area contributed by atoms with E-state index in [-0.39, 0.29) is 24.5 Å². The van der Waals surface area contributed by atoms with Gasteiger partial charge in [0.15, 0.2) is 29.7 Å². The van der Waals surface area contributed by atoms with Gasteiger partial charge < -0.3 is 19.5 Å². The van der Waals surface area contributed by atoms with Gasteiger partial charge >= 0.3 is 5.97 Å². The molecule has 9 heteroatoms. The maximum absolute atomic E-state index is 12.4. The van der Waals surface area contributed by atoms with Crippen molar-refractivity contribution in [2.45, 2.75) is 24.7 Å². The van der Waals surface area contributed by atoms with E-state index < -0.39 is 18.4 Å². The third-order valence-electron chi connectivity index (χ3n) is 4.62. The van der Waals surface area contributed by atoms with Crippen LogP contribution in [0, 0.1) is 0 Å². The van der Waals surface area contributed by atoms with E-state index in [0.717, 1.165) is 4.90 Å². The average Bonchev–Trinajstić information content (AvgIpc) is 2.80. The molecule has 0 fully saturated rings. The second kappa shape index (κ2) is 10.8. The molecule has 0 radical (unpaired) electrons. The molecule has 0 saturated carbocycles. The highest BCUT2D eigenvalue weighted by molar-refractivity contribution is 7.98. The van der Waals surface area contributed by atoms with Gasteiger partial charge in [-0.3, -0.25) is 19.2 Å². The number of carbonyl (C=O) groups is 4. The summed E-state index contributed by atoms with van der Waals surface area (Å²) in [5.41, 5.74) is 1.25. The second-order valence-corrected chi connectivity index (χ2v) is 7.81. The van der Waals surface area contributed by atoms with Crippen molar-refractivity contribution in [2.24, 2.45) is 0 Å². The van der Waals surface area contributed by atoms with E-state index in [0.29, 0.717) is 41.5 Å². The summed E-state index contributed by atoms with van der Waals surface area (Å²) < 4.78 is 15.9. The number of hydrogen-bond acceptors (Lipinski definition) is 8. The molecule has 8 nitrogen and oxygen atoms in total. The fraction of sp³-hybridized carbons (Fsp3) is 0.304. The molecule has 2 aromatic carbocycles. The molecule has 2 aromatic rings. The Balaban J connectivity index is 1.51. The number of thioether (sulfide) groups is 1. The van der Waals surface area contributed by atoms with Crippen LogP contribution in [0.1, 0.15) is 40.5 Å². The normalized spacial score (nSPS) is 12.1. The first-order chi connectivity index (χ1) is 15.4. The highest BCUT2D eigenvalue weighted by Crippen LogP contribution is 2.31. The zero-order valence-electron chi connectivity index (χ0n) is 17.8. The topological polar surface area (TPSA) is 108 Å². The number of benzene rings is 2. The van der Waals surface area contributed by atoms with Crippen molar-refractivity contribution in [3.63, 3.8) is 0 Å². The number of ketones is 2. The molecule has 0 aromatic heterocycles. The lowest BCUT2D eigenvalue weighted by atomic mass is 10.1. The van der Waals surface area contributed by atoms with Crippen LogP contribution < -0.4 is 14.8 Å². The van der Waals surface area contributed by atoms with Crippen molar-refractivity contribution in [2.75, 3.05) is 31.4 Å². The van der Waals surface area contributed by atoms with Crippen LogP contribution in [0.15, 0.2) is 41.3 Å². The molecule has 32 heavy (non-hydrogen) atoms. The molecule has 1 aliphatic rings. The summed E-state index contributed by atoms with van der Waals surface area (Å²) >= 11 is 1.43. The Labute approximate surface area is 189 Å². The Hall–Kier alpha value is -3.33. The van der Waals surface area contributed by atoms with E-state index in [4.69, 9.17) is 14.2 Å². The summed E-state index contributed by atoms with van der Waals surface area (Å²) in [6.07, 6.45) is 1.65. The zero-order chi connectivity index (χ0) is 23.1. The van der Waals surface area contributed by atoms with Crippen molar-refractivity contribution in [3.05, 3.63) is 47.5 Å². The van der Waals surface area contributed by atoms with Gasteiger partial charge in [0.25, 0.3) is 0 Å². The predicted molar refractivity (Wildman–Crippen MR) is 119 cm³/mol. The first-order valence-corrected chi connectivity index (χ1v) is 11.2. The summed E-state index contributed by atoms with van der Waals surface area (Å²) in [5.74, 6) is -0.459. The number of amides is 1. The highest BCUT2D eigenvalue weighted by atomic mass is 32.2. The third-order valence-corrected chi connectivity index (χ3v) is 5.41. The number of hydrogen-bond donors (Lipinski definition) is 1. The maximum Gasteiger partial charge on any atom is 0.306 e. The van der Waals surface area contributed by atoms with Crippen LogP contribution in [-0.4, -0.2) is 49.5 Å². The largest absolute Gasteiger partial charge is 0.486 e. The zero-order valence-corrected chi connectivity index (χ0v) is 18.6. The Morgan fingerprint density at radius 2 is 1.62 bits per heavy atom. The van der Waals surface area contributed by atoms with E-state index in [2.05, 4.69) is 5.32 Å². The van der Waals surface area contributed by atoms with Crippen LogP contribution in [0.2, 0.25) is 0 Å². The van der Waals surface area contributed by atoms with E-state index >= 15 is 0 Å². The molecule has 168 valence electrons. The molecule has 1 aliphatic heterocycles. The number of nitrogens with one attached hydrogen (secondary N) is 1. The second-order valence-electron chi connectivity index (χ2n) is 6.96. The quantitative estimate of drug-likeness (QED) is 0.346. The van der Waals surface area contributed by atoms with Gasteiger partial charge in [0.05, 0.1) is 12.1 Å². The van der Waals surface area contributed by atoms with Gasteiger partial charge in [-0.05, 0) is 36.6 Å². The standard InChI is InChI=1S/C23H23NO7S/c1-14(25)24-17-11-15(4-7-22(17)32-2)19(27)13-31-23(28)8-5-18(26)16-3-6-20-21(12-16)30-10-9-29-20/h3-4,6-7,11-12H,5,8-10,13H2,1-2H3,(H,24,25). The summed E-state index contributed by atoms with van der Waals surface area (Å²) in [6, 6.07) is 9.76. The minimum atomic E-state index is -0.646. The fourth-order valence-corrected chi connectivity index (χ4v) is 3.58. The molecule has 0 spiro atoms. The van der Waals surface area contributed by atoms with E-state index in [1.165, 1.54) is 18.7 Å². The molecule has 0 atom stereocenters. The monoisotopic (exact) mass is 457 g/mol. The van der Waals surface area contributed by atoms with Gasteiger partial charge in [-0.2, -0.15) is 0 Å². The predicted octanol–water partition coefficient (Wildman–Crippen LogP) is 3.53. The third kappa shape index (κ3) is 6.10. The van der Waals surface area contributed by atoms with Gasteiger partial charge in [0.1, 0.15) is 13.2 Å². The number of esters is 1. The van der Waals surface area contributed by atoms with Crippen molar-refractivity contribution in [3.8, 4) is 11.5 Å². The molecule has 0 bridgehead atoms. The smallest absolute Gasteiger partial charge is 0.306 e. The number of carbonyl (C=O) groups excluding carboxylic acids is 4. The molecule has 1 amide bonds. The van der Waals surface area contributed by atoms with E-state index in [9.17, 15) is 19.2 Å². The lowest BCUT2D eigenvalue weighted by Gasteiger charge is -2.18. The minimum absolute atomic E-state index is 0.0538. The summed E-state index contributed by atoms with van der Waals surface area (Å²) in [5, 5.41) is 2.68. The number of Topliss-reactive ketones (excluding diaryl/α,β-unsaturated/α-hetero) is 2. The van der Waals surface area contributed by atoms with Crippen molar-refractivity contribution < 1.29 is 33.4 Å². The molecule has 0 saturated heterocycles. The van der Waals surface area contributed by atoms with Gasteiger partial charge in [-0.25, -0.2) is 0 Å². The van der Waals surface area contributed by atoms with Gasteiger partial charge in [0, 0.05) is 29.4 Å². The highest BCUT2D eigenvalue weighted by Gasteiger charge is 2.17. The number of anilines is 1. The maximum atomic E-state index is 12.4. The van der Waals surface area contributed by atoms with Crippen molar-refractivity contribution >= 4 is 40.9 Å². The molecular formula is C23H23NO7S. The lowest BCUT2D eigenvalue weighted by molar-refractivity contribution is -0.142. The number of ether oxygens (including phenoxy) is 3. The van der Waals surface area contributed by atoms with Crippen molar-refractivity contribution in [1.82, 2.24) is 0 Å². The van der Waals surface area contributed by atoms with Crippen LogP contribution in [0.3, 0.4) is 0 Å². The summed E-state index contributed by atoms with van der Waals surface area (Å²) in [7, 11) is 0. The lowest BCUT2D eigenvalue weighted by Crippen LogP contribution is -2.16. The molecular weight excluding hydrogens is 434 g/mol. The Morgan fingerprint density at radius 3 is 2.34 bits per heavy atom. The number of fused-ring (bicyclic) bond motifs is 1. The summed E-state index contributed by atoms with van der Waals surface area (Å²) in [4.78, 5) is 49.0. The average molecular weight is 458 g/mol. The minimum Gasteiger partial charge on any atom is -0.486 e. The van der Waals surface area contributed by atoms with Crippen LogP contribution in [0.25, 0.3) is 0 Å². The molecule has 1 heterocycles. The van der Waals surface area contributed by atoms with Crippen LogP contribution >= 0.6 is 11.8 Å².